The van der Waals surface area contributed by atoms with Crippen LogP contribution < -0.4 is 9.62 Å². The summed E-state index contributed by atoms with van der Waals surface area (Å²) < 4.78 is 40.3. The molecule has 0 saturated carbocycles. The van der Waals surface area contributed by atoms with Crippen molar-refractivity contribution in [3.8, 4) is 0 Å². The molecular weight excluding hydrogens is 517 g/mol. The van der Waals surface area contributed by atoms with Crippen LogP contribution in [-0.2, 0) is 32.6 Å². The molecule has 0 spiro atoms. The molecule has 0 aliphatic heterocycles. The zero-order valence-electron chi connectivity index (χ0n) is 22.6. The van der Waals surface area contributed by atoms with E-state index in [0.717, 1.165) is 27.3 Å². The Balaban J connectivity index is 1.88. The number of sulfonamides is 1. The van der Waals surface area contributed by atoms with Crippen molar-refractivity contribution in [3.05, 3.63) is 101 Å². The Kier molecular flexibility index (Phi) is 10.6. The average molecular weight is 554 g/mol. The number of hydrogen-bond acceptors (Lipinski definition) is 4. The van der Waals surface area contributed by atoms with E-state index in [0.29, 0.717) is 13.0 Å². The van der Waals surface area contributed by atoms with Crippen molar-refractivity contribution in [3.63, 3.8) is 0 Å². The lowest BCUT2D eigenvalue weighted by molar-refractivity contribution is -0.141. The Morgan fingerprint density at radius 2 is 1.59 bits per heavy atom. The average Bonchev–Trinajstić information content (AvgIpc) is 2.90. The van der Waals surface area contributed by atoms with E-state index >= 15 is 0 Å². The van der Waals surface area contributed by atoms with Gasteiger partial charge in [0.25, 0.3) is 0 Å². The Labute approximate surface area is 230 Å². The molecule has 0 aliphatic rings. The zero-order chi connectivity index (χ0) is 28.4. The van der Waals surface area contributed by atoms with E-state index in [-0.39, 0.29) is 43.4 Å². The number of para-hydroxylation sites is 1. The Hall–Kier alpha value is -3.72. The van der Waals surface area contributed by atoms with Gasteiger partial charge in [0.2, 0.25) is 21.8 Å². The standard InChI is InChI=1S/C30H36FN3O4S/c1-4-32-30(36)28(21-24-14-6-5-7-15-24)33(22-25-16-9-8-13-23(25)2)29(35)19-12-20-34(39(3,37)38)27-18-11-10-17-26(27)31/h5-11,13-18,28H,4,12,19-22H2,1-3H3,(H,32,36)/t28-/m1/s1. The second-order valence-electron chi connectivity index (χ2n) is 9.44. The topological polar surface area (TPSA) is 86.8 Å². The van der Waals surface area contributed by atoms with Crippen molar-refractivity contribution in [1.82, 2.24) is 10.2 Å². The predicted molar refractivity (Wildman–Crippen MR) is 152 cm³/mol. The predicted octanol–water partition coefficient (Wildman–Crippen LogP) is 4.46. The number of rotatable bonds is 13. The van der Waals surface area contributed by atoms with Crippen molar-refractivity contribution in [1.29, 1.82) is 0 Å². The summed E-state index contributed by atoms with van der Waals surface area (Å²) in [7, 11) is -3.79. The molecule has 208 valence electrons. The van der Waals surface area contributed by atoms with Gasteiger partial charge in [-0.05, 0) is 49.1 Å². The fourth-order valence-electron chi connectivity index (χ4n) is 4.45. The van der Waals surface area contributed by atoms with Gasteiger partial charge in [-0.1, -0.05) is 66.7 Å². The first-order valence-corrected chi connectivity index (χ1v) is 14.8. The van der Waals surface area contributed by atoms with Gasteiger partial charge >= 0.3 is 0 Å². The van der Waals surface area contributed by atoms with Crippen molar-refractivity contribution in [2.45, 2.75) is 45.7 Å². The minimum Gasteiger partial charge on any atom is -0.355 e. The molecule has 1 N–H and O–H groups in total. The molecule has 0 saturated heterocycles. The molecule has 0 radical (unpaired) electrons. The van der Waals surface area contributed by atoms with Gasteiger partial charge in [0.05, 0.1) is 11.9 Å². The lowest BCUT2D eigenvalue weighted by Gasteiger charge is -2.32. The summed E-state index contributed by atoms with van der Waals surface area (Å²) in [4.78, 5) is 28.6. The molecule has 3 aromatic carbocycles. The van der Waals surface area contributed by atoms with Gasteiger partial charge in [-0.25, -0.2) is 12.8 Å². The molecule has 9 heteroatoms. The molecule has 0 heterocycles. The quantitative estimate of drug-likeness (QED) is 0.339. The van der Waals surface area contributed by atoms with Gasteiger partial charge in [-0.3, -0.25) is 13.9 Å². The number of halogens is 1. The third-order valence-electron chi connectivity index (χ3n) is 6.50. The summed E-state index contributed by atoms with van der Waals surface area (Å²) in [6.45, 7) is 4.35. The Morgan fingerprint density at radius 1 is 0.949 bits per heavy atom. The van der Waals surface area contributed by atoms with Gasteiger partial charge in [0.1, 0.15) is 11.9 Å². The van der Waals surface area contributed by atoms with Gasteiger partial charge in [-0.2, -0.15) is 0 Å². The van der Waals surface area contributed by atoms with E-state index in [2.05, 4.69) is 5.32 Å². The van der Waals surface area contributed by atoms with Crippen LogP contribution in [0.4, 0.5) is 10.1 Å². The van der Waals surface area contributed by atoms with Gasteiger partial charge < -0.3 is 10.2 Å². The first kappa shape index (κ1) is 29.8. The fourth-order valence-corrected chi connectivity index (χ4v) is 5.42. The van der Waals surface area contributed by atoms with Crippen LogP contribution in [0.2, 0.25) is 0 Å². The minimum absolute atomic E-state index is 0.0168. The number of nitrogens with one attached hydrogen (secondary N) is 1. The van der Waals surface area contributed by atoms with E-state index in [1.807, 2.05) is 68.4 Å². The van der Waals surface area contributed by atoms with Crippen LogP contribution in [0.3, 0.4) is 0 Å². The summed E-state index contributed by atoms with van der Waals surface area (Å²) >= 11 is 0. The van der Waals surface area contributed by atoms with Crippen LogP contribution in [-0.4, -0.2) is 50.5 Å². The van der Waals surface area contributed by atoms with Gasteiger partial charge in [0.15, 0.2) is 0 Å². The second-order valence-corrected chi connectivity index (χ2v) is 11.3. The summed E-state index contributed by atoms with van der Waals surface area (Å²) in [5.74, 6) is -1.20. The molecule has 1 atom stereocenters. The highest BCUT2D eigenvalue weighted by atomic mass is 32.2. The van der Waals surface area contributed by atoms with Gasteiger partial charge in [-0.15, -0.1) is 0 Å². The van der Waals surface area contributed by atoms with Crippen LogP contribution in [0.1, 0.15) is 36.5 Å². The van der Waals surface area contributed by atoms with Crippen LogP contribution in [0.25, 0.3) is 0 Å². The molecule has 0 aliphatic carbocycles. The van der Waals surface area contributed by atoms with Gasteiger partial charge in [0, 0.05) is 32.5 Å². The van der Waals surface area contributed by atoms with E-state index < -0.39 is 21.9 Å². The number of aryl methyl sites for hydroxylation is 1. The molecule has 2 amide bonds. The molecule has 0 bridgehead atoms. The SMILES string of the molecule is CCNC(=O)[C@@H](Cc1ccccc1)N(Cc1ccccc1C)C(=O)CCCN(c1ccccc1F)S(C)(=O)=O. The number of amides is 2. The number of carbonyl (C=O) groups is 2. The van der Waals surface area contributed by atoms with E-state index in [1.54, 1.807) is 11.0 Å². The fraction of sp³-hybridized carbons (Fsp3) is 0.333. The molecule has 3 rings (SSSR count). The molecular formula is C30H36FN3O4S. The minimum atomic E-state index is -3.79. The van der Waals surface area contributed by atoms with Crippen LogP contribution >= 0.6 is 0 Å². The molecule has 39 heavy (non-hydrogen) atoms. The molecule has 0 aromatic heterocycles. The van der Waals surface area contributed by atoms with Crippen molar-refractivity contribution >= 4 is 27.5 Å². The maximum absolute atomic E-state index is 14.4. The van der Waals surface area contributed by atoms with Crippen LogP contribution in [0, 0.1) is 12.7 Å². The second kappa shape index (κ2) is 13.9. The van der Waals surface area contributed by atoms with E-state index in [1.165, 1.54) is 18.2 Å². The van der Waals surface area contributed by atoms with Crippen LogP contribution in [0.5, 0.6) is 0 Å². The van der Waals surface area contributed by atoms with E-state index in [9.17, 15) is 22.4 Å². The lowest BCUT2D eigenvalue weighted by Crippen LogP contribution is -2.50. The number of carbonyl (C=O) groups excluding carboxylic acids is 2. The highest BCUT2D eigenvalue weighted by Crippen LogP contribution is 2.23. The summed E-state index contributed by atoms with van der Waals surface area (Å²) in [5, 5.41) is 2.86. The molecule has 0 fully saturated rings. The van der Waals surface area contributed by atoms with Crippen molar-refractivity contribution in [2.75, 3.05) is 23.7 Å². The van der Waals surface area contributed by atoms with Crippen LogP contribution in [0.15, 0.2) is 78.9 Å². The first-order chi connectivity index (χ1) is 18.6. The Morgan fingerprint density at radius 3 is 2.23 bits per heavy atom. The number of nitrogens with zero attached hydrogens (tertiary/aromatic N) is 2. The monoisotopic (exact) mass is 553 g/mol. The smallest absolute Gasteiger partial charge is 0.243 e. The third-order valence-corrected chi connectivity index (χ3v) is 7.68. The largest absolute Gasteiger partial charge is 0.355 e. The first-order valence-electron chi connectivity index (χ1n) is 13.0. The Bertz CT molecular complexity index is 1370. The normalized spacial score (nSPS) is 12.0. The summed E-state index contributed by atoms with van der Waals surface area (Å²) in [6.07, 6.45) is 1.47. The maximum atomic E-state index is 14.4. The summed E-state index contributed by atoms with van der Waals surface area (Å²) in [6, 6.07) is 22.1. The number of hydrogen-bond donors (Lipinski definition) is 1. The van der Waals surface area contributed by atoms with E-state index in [4.69, 9.17) is 0 Å². The third kappa shape index (κ3) is 8.38. The highest BCUT2D eigenvalue weighted by molar-refractivity contribution is 7.92. The molecule has 3 aromatic rings. The number of anilines is 1. The van der Waals surface area contributed by atoms with Crippen molar-refractivity contribution in [2.24, 2.45) is 0 Å². The molecule has 7 nitrogen and oxygen atoms in total. The maximum Gasteiger partial charge on any atom is 0.243 e. The molecule has 0 unspecified atom stereocenters. The summed E-state index contributed by atoms with van der Waals surface area (Å²) in [5.41, 5.74) is 2.76. The van der Waals surface area contributed by atoms with Crippen molar-refractivity contribution < 1.29 is 22.4 Å². The lowest BCUT2D eigenvalue weighted by atomic mass is 10.0. The zero-order valence-corrected chi connectivity index (χ0v) is 23.5. The number of likely N-dealkylation sites (N-methyl/N-ethyl adjacent to an activating group) is 1. The highest BCUT2D eigenvalue weighted by Gasteiger charge is 2.30. The number of benzene rings is 3.